The molecule has 1 aromatic heterocycles. The molecule has 0 saturated carbocycles. The predicted octanol–water partition coefficient (Wildman–Crippen LogP) is 3.01. The summed E-state index contributed by atoms with van der Waals surface area (Å²) in [5.41, 5.74) is 3.14. The van der Waals surface area contributed by atoms with E-state index >= 15 is 0 Å². The summed E-state index contributed by atoms with van der Waals surface area (Å²) in [6.07, 6.45) is 3.77. The van der Waals surface area contributed by atoms with Crippen molar-refractivity contribution in [2.45, 2.75) is 13.3 Å². The lowest BCUT2D eigenvalue weighted by atomic mass is 10.2. The second kappa shape index (κ2) is 7.44. The number of rotatable bonds is 5. The van der Waals surface area contributed by atoms with Crippen LogP contribution in [-0.4, -0.2) is 21.6 Å². The van der Waals surface area contributed by atoms with Crippen molar-refractivity contribution in [3.8, 4) is 5.69 Å². The van der Waals surface area contributed by atoms with Crippen LogP contribution in [0, 0.1) is 0 Å². The molecule has 0 radical (unpaired) electrons. The van der Waals surface area contributed by atoms with Gasteiger partial charge in [-0.2, -0.15) is 5.10 Å². The average Bonchev–Trinajstić information content (AvgIpc) is 3.05. The zero-order valence-electron chi connectivity index (χ0n) is 13.8. The normalized spacial score (nSPS) is 10.3. The largest absolute Gasteiger partial charge is 0.326 e. The van der Waals surface area contributed by atoms with E-state index in [9.17, 15) is 9.59 Å². The molecule has 0 aliphatic rings. The minimum Gasteiger partial charge on any atom is -0.326 e. The number of hydrogen-bond donors (Lipinski definition) is 2. The summed E-state index contributed by atoms with van der Waals surface area (Å²) >= 11 is 0. The Morgan fingerprint density at radius 2 is 1.60 bits per heavy atom. The molecule has 25 heavy (non-hydrogen) atoms. The maximum Gasteiger partial charge on any atom is 0.228 e. The van der Waals surface area contributed by atoms with Crippen LogP contribution in [0.2, 0.25) is 0 Å². The van der Waals surface area contributed by atoms with Crippen LogP contribution in [0.25, 0.3) is 5.69 Å². The monoisotopic (exact) mass is 334 g/mol. The molecule has 126 valence electrons. The first-order chi connectivity index (χ1) is 12.1. The quantitative estimate of drug-likeness (QED) is 0.753. The molecule has 0 fully saturated rings. The van der Waals surface area contributed by atoms with Gasteiger partial charge in [-0.05, 0) is 42.0 Å². The van der Waals surface area contributed by atoms with E-state index in [2.05, 4.69) is 15.7 Å². The molecular formula is C19H18N4O2. The smallest absolute Gasteiger partial charge is 0.228 e. The highest BCUT2D eigenvalue weighted by molar-refractivity contribution is 5.93. The summed E-state index contributed by atoms with van der Waals surface area (Å²) in [4.78, 5) is 23.2. The van der Waals surface area contributed by atoms with E-state index in [-0.39, 0.29) is 18.2 Å². The molecular weight excluding hydrogens is 316 g/mol. The van der Waals surface area contributed by atoms with Gasteiger partial charge >= 0.3 is 0 Å². The zero-order valence-corrected chi connectivity index (χ0v) is 13.8. The Labute approximate surface area is 145 Å². The lowest BCUT2D eigenvalue weighted by Crippen LogP contribution is -2.14. The van der Waals surface area contributed by atoms with Crippen LogP contribution in [0.1, 0.15) is 12.5 Å². The van der Waals surface area contributed by atoms with Crippen LogP contribution in [0.4, 0.5) is 11.4 Å². The molecule has 0 atom stereocenters. The Kier molecular flexibility index (Phi) is 4.89. The highest BCUT2D eigenvalue weighted by atomic mass is 16.2. The van der Waals surface area contributed by atoms with Gasteiger partial charge in [0.25, 0.3) is 0 Å². The number of hydrogen-bond acceptors (Lipinski definition) is 3. The van der Waals surface area contributed by atoms with Gasteiger partial charge in [0.05, 0.1) is 18.3 Å². The molecule has 6 heteroatoms. The minimum atomic E-state index is -0.132. The molecule has 6 nitrogen and oxygen atoms in total. The molecule has 2 amide bonds. The van der Waals surface area contributed by atoms with E-state index in [1.54, 1.807) is 35.1 Å². The molecule has 0 unspecified atom stereocenters. The molecule has 1 heterocycles. The van der Waals surface area contributed by atoms with E-state index in [1.165, 1.54) is 6.92 Å². The van der Waals surface area contributed by atoms with Crippen molar-refractivity contribution in [3.63, 3.8) is 0 Å². The SMILES string of the molecule is CC(=O)Nc1ccc(NC(=O)Cc2cnn(-c3ccccc3)c2)cc1. The van der Waals surface area contributed by atoms with Crippen LogP contribution in [0.15, 0.2) is 67.0 Å². The van der Waals surface area contributed by atoms with Gasteiger partial charge in [0.2, 0.25) is 11.8 Å². The fraction of sp³-hybridized carbons (Fsp3) is 0.105. The Morgan fingerprint density at radius 1 is 0.960 bits per heavy atom. The molecule has 2 N–H and O–H groups in total. The van der Waals surface area contributed by atoms with Gasteiger partial charge in [-0.3, -0.25) is 9.59 Å². The van der Waals surface area contributed by atoms with Crippen LogP contribution >= 0.6 is 0 Å². The molecule has 0 spiro atoms. The van der Waals surface area contributed by atoms with Crippen molar-refractivity contribution in [2.75, 3.05) is 10.6 Å². The summed E-state index contributed by atoms with van der Waals surface area (Å²) in [7, 11) is 0. The fourth-order valence-corrected chi connectivity index (χ4v) is 2.40. The van der Waals surface area contributed by atoms with Gasteiger partial charge in [0, 0.05) is 24.5 Å². The Balaban J connectivity index is 1.59. The number of para-hydroxylation sites is 1. The number of carbonyl (C=O) groups excluding carboxylic acids is 2. The standard InChI is InChI=1S/C19H18N4O2/c1-14(24)21-16-7-9-17(10-8-16)22-19(25)11-15-12-20-23(13-15)18-5-3-2-4-6-18/h2-10,12-13H,11H2,1H3,(H,21,24)(H,22,25). The van der Waals surface area contributed by atoms with E-state index < -0.39 is 0 Å². The first-order valence-electron chi connectivity index (χ1n) is 7.86. The fourth-order valence-electron chi connectivity index (χ4n) is 2.40. The van der Waals surface area contributed by atoms with Crippen LogP contribution < -0.4 is 10.6 Å². The summed E-state index contributed by atoms with van der Waals surface area (Å²) in [6.45, 7) is 1.45. The molecule has 3 rings (SSSR count). The number of amides is 2. The van der Waals surface area contributed by atoms with Crippen molar-refractivity contribution in [1.82, 2.24) is 9.78 Å². The van der Waals surface area contributed by atoms with Crippen LogP contribution in [0.5, 0.6) is 0 Å². The molecule has 0 aliphatic heterocycles. The maximum atomic E-state index is 12.2. The van der Waals surface area contributed by atoms with Gasteiger partial charge in [0.15, 0.2) is 0 Å². The number of nitrogens with one attached hydrogen (secondary N) is 2. The van der Waals surface area contributed by atoms with E-state index in [4.69, 9.17) is 0 Å². The van der Waals surface area contributed by atoms with Crippen molar-refractivity contribution in [3.05, 3.63) is 72.6 Å². The highest BCUT2D eigenvalue weighted by Gasteiger charge is 2.07. The van der Waals surface area contributed by atoms with Crippen molar-refractivity contribution in [2.24, 2.45) is 0 Å². The number of carbonyl (C=O) groups is 2. The van der Waals surface area contributed by atoms with Crippen LogP contribution in [-0.2, 0) is 16.0 Å². The van der Waals surface area contributed by atoms with Crippen molar-refractivity contribution < 1.29 is 9.59 Å². The Morgan fingerprint density at radius 3 is 2.24 bits per heavy atom. The molecule has 2 aromatic carbocycles. The zero-order chi connectivity index (χ0) is 17.6. The van der Waals surface area contributed by atoms with E-state index in [1.807, 2.05) is 36.5 Å². The second-order valence-electron chi connectivity index (χ2n) is 5.61. The third-order valence-corrected chi connectivity index (χ3v) is 3.51. The molecule has 0 aliphatic carbocycles. The Bertz CT molecular complexity index is 870. The topological polar surface area (TPSA) is 76.0 Å². The first-order valence-corrected chi connectivity index (χ1v) is 7.86. The number of nitrogens with zero attached hydrogens (tertiary/aromatic N) is 2. The molecule has 3 aromatic rings. The third kappa shape index (κ3) is 4.54. The minimum absolute atomic E-state index is 0.125. The number of aromatic nitrogens is 2. The van der Waals surface area contributed by atoms with Crippen molar-refractivity contribution >= 4 is 23.2 Å². The summed E-state index contributed by atoms with van der Waals surface area (Å²) in [5, 5.41) is 9.79. The van der Waals surface area contributed by atoms with E-state index in [0.717, 1.165) is 11.3 Å². The van der Waals surface area contributed by atoms with Gasteiger partial charge in [-0.1, -0.05) is 18.2 Å². The molecule has 0 saturated heterocycles. The summed E-state index contributed by atoms with van der Waals surface area (Å²) in [5.74, 6) is -0.257. The number of benzene rings is 2. The van der Waals surface area contributed by atoms with Crippen molar-refractivity contribution in [1.29, 1.82) is 0 Å². The third-order valence-electron chi connectivity index (χ3n) is 3.51. The summed E-state index contributed by atoms with van der Waals surface area (Å²) < 4.78 is 1.74. The van der Waals surface area contributed by atoms with E-state index in [0.29, 0.717) is 11.4 Å². The molecule has 0 bridgehead atoms. The predicted molar refractivity (Wildman–Crippen MR) is 96.6 cm³/mol. The van der Waals surface area contributed by atoms with Gasteiger partial charge in [-0.15, -0.1) is 0 Å². The highest BCUT2D eigenvalue weighted by Crippen LogP contribution is 2.14. The van der Waals surface area contributed by atoms with Crippen LogP contribution in [0.3, 0.4) is 0 Å². The first kappa shape index (κ1) is 16.4. The lowest BCUT2D eigenvalue weighted by molar-refractivity contribution is -0.116. The lowest BCUT2D eigenvalue weighted by Gasteiger charge is -2.06. The average molecular weight is 334 g/mol. The maximum absolute atomic E-state index is 12.2. The second-order valence-corrected chi connectivity index (χ2v) is 5.61. The Hall–Kier alpha value is -3.41. The van der Waals surface area contributed by atoms with Gasteiger partial charge < -0.3 is 10.6 Å². The van der Waals surface area contributed by atoms with Gasteiger partial charge in [-0.25, -0.2) is 4.68 Å². The number of anilines is 2. The van der Waals surface area contributed by atoms with Gasteiger partial charge in [0.1, 0.15) is 0 Å². The summed E-state index contributed by atoms with van der Waals surface area (Å²) in [6, 6.07) is 16.7.